The Labute approximate surface area is 120 Å². The first-order chi connectivity index (χ1) is 9.56. The van der Waals surface area contributed by atoms with Gasteiger partial charge in [-0.1, -0.05) is 32.6 Å². The largest absolute Gasteiger partial charge is 0.479 e. The Morgan fingerprint density at radius 2 is 1.75 bits per heavy atom. The Balaban J connectivity index is 1.62. The van der Waals surface area contributed by atoms with Crippen LogP contribution in [0, 0.1) is 11.8 Å². The molecule has 0 aromatic carbocycles. The Morgan fingerprint density at radius 1 is 1.10 bits per heavy atom. The van der Waals surface area contributed by atoms with Crippen molar-refractivity contribution in [3.8, 4) is 0 Å². The SMILES string of the molecule is CC1CCC(CCNC(=O)C2CCC(C(=O)O)O2)CC1. The molecule has 2 unspecified atom stereocenters. The second kappa shape index (κ2) is 7.07. The van der Waals surface area contributed by atoms with Crippen molar-refractivity contribution >= 4 is 11.9 Å². The fourth-order valence-electron chi connectivity index (χ4n) is 3.14. The van der Waals surface area contributed by atoms with Crippen molar-refractivity contribution in [2.45, 2.75) is 64.1 Å². The molecule has 1 aliphatic carbocycles. The zero-order chi connectivity index (χ0) is 14.5. The van der Waals surface area contributed by atoms with Crippen molar-refractivity contribution < 1.29 is 19.4 Å². The summed E-state index contributed by atoms with van der Waals surface area (Å²) in [7, 11) is 0. The summed E-state index contributed by atoms with van der Waals surface area (Å²) in [6.45, 7) is 2.98. The third kappa shape index (κ3) is 4.20. The third-order valence-corrected chi connectivity index (χ3v) is 4.57. The Kier molecular flexibility index (Phi) is 5.40. The summed E-state index contributed by atoms with van der Waals surface area (Å²) in [6.07, 6.45) is 5.67. The smallest absolute Gasteiger partial charge is 0.332 e. The molecule has 1 aliphatic heterocycles. The van der Waals surface area contributed by atoms with E-state index in [4.69, 9.17) is 9.84 Å². The first-order valence-electron chi connectivity index (χ1n) is 7.72. The molecule has 5 nitrogen and oxygen atoms in total. The number of rotatable bonds is 5. The lowest BCUT2D eigenvalue weighted by molar-refractivity contribution is -0.151. The number of hydrogen-bond donors (Lipinski definition) is 2. The van der Waals surface area contributed by atoms with E-state index in [1.165, 1.54) is 25.7 Å². The van der Waals surface area contributed by atoms with Crippen LogP contribution in [0.15, 0.2) is 0 Å². The van der Waals surface area contributed by atoms with Crippen LogP contribution >= 0.6 is 0 Å². The van der Waals surface area contributed by atoms with Crippen LogP contribution in [0.5, 0.6) is 0 Å². The number of carbonyl (C=O) groups is 2. The average Bonchev–Trinajstić information content (AvgIpc) is 2.91. The van der Waals surface area contributed by atoms with Gasteiger partial charge in [0.25, 0.3) is 0 Å². The summed E-state index contributed by atoms with van der Waals surface area (Å²) < 4.78 is 5.23. The molecular formula is C15H25NO4. The number of hydrogen-bond acceptors (Lipinski definition) is 3. The van der Waals surface area contributed by atoms with Crippen LogP contribution in [0.4, 0.5) is 0 Å². The highest BCUT2D eigenvalue weighted by Crippen LogP contribution is 2.30. The molecular weight excluding hydrogens is 258 g/mol. The molecule has 0 spiro atoms. The Bertz CT molecular complexity index is 350. The molecule has 1 saturated heterocycles. The maximum atomic E-state index is 11.9. The summed E-state index contributed by atoms with van der Waals surface area (Å²) in [6, 6.07) is 0. The molecule has 0 aromatic heterocycles. The van der Waals surface area contributed by atoms with Gasteiger partial charge in [0.1, 0.15) is 6.10 Å². The van der Waals surface area contributed by atoms with Gasteiger partial charge in [0.05, 0.1) is 0 Å². The van der Waals surface area contributed by atoms with Crippen molar-refractivity contribution in [3.05, 3.63) is 0 Å². The summed E-state index contributed by atoms with van der Waals surface area (Å²) in [5, 5.41) is 11.7. The maximum absolute atomic E-state index is 11.9. The number of ether oxygens (including phenoxy) is 1. The van der Waals surface area contributed by atoms with Gasteiger partial charge in [-0.15, -0.1) is 0 Å². The van der Waals surface area contributed by atoms with Gasteiger partial charge in [0, 0.05) is 6.54 Å². The predicted octanol–water partition coefficient (Wildman–Crippen LogP) is 1.95. The number of nitrogens with one attached hydrogen (secondary N) is 1. The normalized spacial score (nSPS) is 33.9. The summed E-state index contributed by atoms with van der Waals surface area (Å²) in [5.74, 6) is 0.443. The number of aliphatic carboxylic acids is 1. The standard InChI is InChI=1S/C15H25NO4/c1-10-2-4-11(5-3-10)8-9-16-14(17)12-6-7-13(20-12)15(18)19/h10-13H,2-9H2,1H3,(H,16,17)(H,18,19). The van der Waals surface area contributed by atoms with Gasteiger partial charge in [-0.3, -0.25) is 4.79 Å². The topological polar surface area (TPSA) is 75.6 Å². The molecule has 5 heteroatoms. The van der Waals surface area contributed by atoms with Crippen molar-refractivity contribution in [2.75, 3.05) is 6.54 Å². The van der Waals surface area contributed by atoms with Crippen LogP contribution < -0.4 is 5.32 Å². The Hall–Kier alpha value is -1.10. The maximum Gasteiger partial charge on any atom is 0.332 e. The van der Waals surface area contributed by atoms with Gasteiger partial charge in [-0.2, -0.15) is 0 Å². The van der Waals surface area contributed by atoms with Crippen LogP contribution in [0.1, 0.15) is 51.9 Å². The molecule has 1 saturated carbocycles. The lowest BCUT2D eigenvalue weighted by atomic mass is 9.81. The molecule has 2 aliphatic rings. The molecule has 1 amide bonds. The second-order valence-corrected chi connectivity index (χ2v) is 6.23. The molecule has 0 radical (unpaired) electrons. The van der Waals surface area contributed by atoms with Crippen LogP contribution in [-0.2, 0) is 14.3 Å². The first kappa shape index (κ1) is 15.3. The molecule has 2 N–H and O–H groups in total. The van der Waals surface area contributed by atoms with Crippen LogP contribution in [0.2, 0.25) is 0 Å². The monoisotopic (exact) mass is 283 g/mol. The second-order valence-electron chi connectivity index (χ2n) is 6.23. The minimum atomic E-state index is -0.975. The van der Waals surface area contributed by atoms with Crippen molar-refractivity contribution in [2.24, 2.45) is 11.8 Å². The van der Waals surface area contributed by atoms with Gasteiger partial charge in [-0.05, 0) is 31.1 Å². The molecule has 114 valence electrons. The lowest BCUT2D eigenvalue weighted by Crippen LogP contribution is -2.36. The van der Waals surface area contributed by atoms with Crippen LogP contribution in [-0.4, -0.2) is 35.7 Å². The molecule has 20 heavy (non-hydrogen) atoms. The lowest BCUT2D eigenvalue weighted by Gasteiger charge is -2.26. The van der Waals surface area contributed by atoms with E-state index in [0.717, 1.165) is 18.3 Å². The highest BCUT2D eigenvalue weighted by molar-refractivity contribution is 5.82. The molecule has 2 atom stereocenters. The van der Waals surface area contributed by atoms with E-state index >= 15 is 0 Å². The van der Waals surface area contributed by atoms with Gasteiger partial charge in [0.15, 0.2) is 6.10 Å². The zero-order valence-corrected chi connectivity index (χ0v) is 12.1. The fraction of sp³-hybridized carbons (Fsp3) is 0.867. The molecule has 0 bridgehead atoms. The van der Waals surface area contributed by atoms with E-state index in [2.05, 4.69) is 12.2 Å². The number of carboxylic acid groups (broad SMARTS) is 1. The van der Waals surface area contributed by atoms with Gasteiger partial charge in [-0.25, -0.2) is 4.79 Å². The highest BCUT2D eigenvalue weighted by Gasteiger charge is 2.34. The minimum Gasteiger partial charge on any atom is -0.479 e. The average molecular weight is 283 g/mol. The quantitative estimate of drug-likeness (QED) is 0.808. The predicted molar refractivity (Wildman–Crippen MR) is 74.3 cm³/mol. The van der Waals surface area contributed by atoms with E-state index in [-0.39, 0.29) is 5.91 Å². The van der Waals surface area contributed by atoms with Crippen molar-refractivity contribution in [3.63, 3.8) is 0 Å². The Morgan fingerprint density at radius 3 is 2.35 bits per heavy atom. The molecule has 2 rings (SSSR count). The van der Waals surface area contributed by atoms with Gasteiger partial charge in [0.2, 0.25) is 5.91 Å². The van der Waals surface area contributed by atoms with Crippen molar-refractivity contribution in [1.29, 1.82) is 0 Å². The summed E-state index contributed by atoms with van der Waals surface area (Å²) >= 11 is 0. The molecule has 2 fully saturated rings. The van der Waals surface area contributed by atoms with E-state index < -0.39 is 18.2 Å². The van der Waals surface area contributed by atoms with E-state index in [1.807, 2.05) is 0 Å². The van der Waals surface area contributed by atoms with Crippen LogP contribution in [0.25, 0.3) is 0 Å². The van der Waals surface area contributed by atoms with Gasteiger partial charge < -0.3 is 15.2 Å². The van der Waals surface area contributed by atoms with E-state index in [1.54, 1.807) is 0 Å². The summed E-state index contributed by atoms with van der Waals surface area (Å²) in [4.78, 5) is 22.6. The molecule has 0 aromatic rings. The van der Waals surface area contributed by atoms with Gasteiger partial charge >= 0.3 is 5.97 Å². The fourth-order valence-corrected chi connectivity index (χ4v) is 3.14. The highest BCUT2D eigenvalue weighted by atomic mass is 16.5. The van der Waals surface area contributed by atoms with E-state index in [9.17, 15) is 9.59 Å². The number of amides is 1. The minimum absolute atomic E-state index is 0.155. The van der Waals surface area contributed by atoms with E-state index in [0.29, 0.717) is 19.4 Å². The summed E-state index contributed by atoms with van der Waals surface area (Å²) in [5.41, 5.74) is 0. The zero-order valence-electron chi connectivity index (χ0n) is 12.1. The molecule has 1 heterocycles. The number of carbonyl (C=O) groups excluding carboxylic acids is 1. The third-order valence-electron chi connectivity index (χ3n) is 4.57. The van der Waals surface area contributed by atoms with Crippen molar-refractivity contribution in [1.82, 2.24) is 5.32 Å². The number of carboxylic acids is 1. The van der Waals surface area contributed by atoms with Crippen LogP contribution in [0.3, 0.4) is 0 Å². The first-order valence-corrected chi connectivity index (χ1v) is 7.72.